The number of allylic oxidation sites excluding steroid dienone is 2. The van der Waals surface area contributed by atoms with Gasteiger partial charge >= 0.3 is 0 Å². The van der Waals surface area contributed by atoms with Gasteiger partial charge in [-0.2, -0.15) is 0 Å². The summed E-state index contributed by atoms with van der Waals surface area (Å²) in [5, 5.41) is 0. The molecule has 0 aliphatic carbocycles. The van der Waals surface area contributed by atoms with E-state index in [2.05, 4.69) is 43.1 Å². The van der Waals surface area contributed by atoms with Crippen molar-refractivity contribution in [2.75, 3.05) is 0 Å². The fraction of sp³-hybridized carbons (Fsp3) is 0.417. The molecule has 0 aliphatic rings. The van der Waals surface area contributed by atoms with Crippen LogP contribution < -0.4 is 0 Å². The minimum Gasteiger partial charge on any atom is -0.265 e. The minimum atomic E-state index is 0.652. The number of nitrogens with zero attached hydrogens (tertiary/aromatic N) is 1. The van der Waals surface area contributed by atoms with Crippen LogP contribution in [0.3, 0.4) is 0 Å². The quantitative estimate of drug-likeness (QED) is 0.638. The summed E-state index contributed by atoms with van der Waals surface area (Å²) in [5.74, 6) is 0.652. The van der Waals surface area contributed by atoms with E-state index in [1.54, 1.807) is 0 Å². The van der Waals surface area contributed by atoms with Crippen molar-refractivity contribution in [2.45, 2.75) is 32.6 Å². The highest BCUT2D eigenvalue weighted by molar-refractivity contribution is 5.16. The first kappa shape index (κ1) is 9.97. The van der Waals surface area contributed by atoms with Crippen LogP contribution in [-0.2, 0) is 0 Å². The van der Waals surface area contributed by atoms with E-state index in [9.17, 15) is 0 Å². The Morgan fingerprint density at radius 2 is 2.08 bits per heavy atom. The Balaban J connectivity index is 2.67. The summed E-state index contributed by atoms with van der Waals surface area (Å²) in [6.07, 6.45) is 10.4. The Morgan fingerprint density at radius 1 is 1.38 bits per heavy atom. The molecule has 0 aliphatic heterocycles. The zero-order chi connectivity index (χ0) is 9.52. The lowest BCUT2D eigenvalue weighted by Crippen LogP contribution is -1.95. The average Bonchev–Trinajstić information content (AvgIpc) is 2.21. The molecule has 1 atom stereocenters. The number of pyridine rings is 1. The molecule has 0 radical (unpaired) electrons. The topological polar surface area (TPSA) is 12.9 Å². The lowest BCUT2D eigenvalue weighted by atomic mass is 9.94. The van der Waals surface area contributed by atoms with Crippen molar-refractivity contribution in [3.63, 3.8) is 0 Å². The van der Waals surface area contributed by atoms with E-state index in [0.717, 1.165) is 6.42 Å². The van der Waals surface area contributed by atoms with Crippen LogP contribution in [0, 0.1) is 0 Å². The van der Waals surface area contributed by atoms with Crippen molar-refractivity contribution in [3.05, 3.63) is 42.2 Å². The van der Waals surface area contributed by atoms with Gasteiger partial charge in [0.05, 0.1) is 0 Å². The molecule has 1 aromatic heterocycles. The monoisotopic (exact) mass is 175 g/mol. The fourth-order valence-corrected chi connectivity index (χ4v) is 1.47. The van der Waals surface area contributed by atoms with Gasteiger partial charge in [-0.15, -0.1) is 0 Å². The molecule has 13 heavy (non-hydrogen) atoms. The second-order valence-electron chi connectivity index (χ2n) is 3.19. The van der Waals surface area contributed by atoms with Crippen molar-refractivity contribution >= 4 is 0 Å². The molecule has 0 saturated heterocycles. The number of rotatable bonds is 4. The summed E-state index contributed by atoms with van der Waals surface area (Å²) in [6.45, 7) is 4.30. The molecule has 0 saturated carbocycles. The van der Waals surface area contributed by atoms with Gasteiger partial charge in [0.25, 0.3) is 0 Å². The van der Waals surface area contributed by atoms with E-state index >= 15 is 0 Å². The summed E-state index contributed by atoms with van der Waals surface area (Å²) in [5.41, 5.74) is 1.40. The zero-order valence-electron chi connectivity index (χ0n) is 8.40. The summed E-state index contributed by atoms with van der Waals surface area (Å²) < 4.78 is 0. The van der Waals surface area contributed by atoms with Gasteiger partial charge < -0.3 is 0 Å². The minimum absolute atomic E-state index is 0.652. The molecule has 0 amide bonds. The highest BCUT2D eigenvalue weighted by atomic mass is 14.6. The molecule has 0 N–H and O–H groups in total. The van der Waals surface area contributed by atoms with E-state index < -0.39 is 0 Å². The third kappa shape index (κ3) is 3.02. The number of hydrogen-bond acceptors (Lipinski definition) is 1. The third-order valence-electron chi connectivity index (χ3n) is 2.33. The second kappa shape index (κ2) is 5.52. The predicted molar refractivity (Wildman–Crippen MR) is 56.7 cm³/mol. The zero-order valence-corrected chi connectivity index (χ0v) is 8.40. The van der Waals surface area contributed by atoms with Crippen molar-refractivity contribution in [1.29, 1.82) is 0 Å². The van der Waals surface area contributed by atoms with Crippen molar-refractivity contribution < 1.29 is 0 Å². The van der Waals surface area contributed by atoms with Crippen LogP contribution in [0.2, 0.25) is 0 Å². The smallest absolute Gasteiger partial charge is 0.0270 e. The Hall–Kier alpha value is -1.11. The van der Waals surface area contributed by atoms with Gasteiger partial charge in [0.15, 0.2) is 0 Å². The van der Waals surface area contributed by atoms with Gasteiger partial charge in [-0.25, -0.2) is 0 Å². The van der Waals surface area contributed by atoms with Gasteiger partial charge in [-0.1, -0.05) is 19.1 Å². The standard InChI is InChI=1S/C12H17N/c1-3-5-6-11(4-2)12-7-9-13-10-8-12/h3,5,7-11H,4,6H2,1-2H3/b5-3+. The molecule has 1 nitrogen and oxygen atoms in total. The van der Waals surface area contributed by atoms with Crippen LogP contribution in [-0.4, -0.2) is 4.98 Å². The van der Waals surface area contributed by atoms with Crippen LogP contribution in [0.25, 0.3) is 0 Å². The van der Waals surface area contributed by atoms with Crippen molar-refractivity contribution in [3.8, 4) is 0 Å². The average molecular weight is 175 g/mol. The Morgan fingerprint density at radius 3 is 2.62 bits per heavy atom. The largest absolute Gasteiger partial charge is 0.265 e. The molecule has 1 rings (SSSR count). The van der Waals surface area contributed by atoms with E-state index in [-0.39, 0.29) is 0 Å². The Bertz CT molecular complexity index is 251. The summed E-state index contributed by atoms with van der Waals surface area (Å²) in [7, 11) is 0. The third-order valence-corrected chi connectivity index (χ3v) is 2.33. The highest BCUT2D eigenvalue weighted by Gasteiger charge is 2.05. The van der Waals surface area contributed by atoms with Crippen LogP contribution >= 0.6 is 0 Å². The van der Waals surface area contributed by atoms with Gasteiger partial charge in [0, 0.05) is 12.4 Å². The first-order valence-corrected chi connectivity index (χ1v) is 4.89. The SMILES string of the molecule is C/C=C/CC(CC)c1ccncc1. The van der Waals surface area contributed by atoms with Gasteiger partial charge in [0.2, 0.25) is 0 Å². The molecule has 1 unspecified atom stereocenters. The summed E-state index contributed by atoms with van der Waals surface area (Å²) in [6, 6.07) is 4.22. The molecule has 0 aromatic carbocycles. The maximum absolute atomic E-state index is 4.02. The van der Waals surface area contributed by atoms with Gasteiger partial charge in [0.1, 0.15) is 0 Å². The first-order chi connectivity index (χ1) is 6.38. The maximum Gasteiger partial charge on any atom is 0.0270 e. The molecule has 0 bridgehead atoms. The number of aromatic nitrogens is 1. The van der Waals surface area contributed by atoms with Crippen LogP contribution in [0.4, 0.5) is 0 Å². The number of hydrogen-bond donors (Lipinski definition) is 0. The highest BCUT2D eigenvalue weighted by Crippen LogP contribution is 2.22. The summed E-state index contributed by atoms with van der Waals surface area (Å²) >= 11 is 0. The molecular formula is C12H17N. The molecular weight excluding hydrogens is 158 g/mol. The lowest BCUT2D eigenvalue weighted by molar-refractivity contribution is 0.673. The van der Waals surface area contributed by atoms with Gasteiger partial charge in [-0.05, 0) is 43.4 Å². The molecule has 0 fully saturated rings. The predicted octanol–water partition coefficient (Wildman–Crippen LogP) is 3.54. The first-order valence-electron chi connectivity index (χ1n) is 4.89. The van der Waals surface area contributed by atoms with E-state index in [4.69, 9.17) is 0 Å². The maximum atomic E-state index is 4.02. The lowest BCUT2D eigenvalue weighted by Gasteiger charge is -2.11. The van der Waals surface area contributed by atoms with E-state index in [1.165, 1.54) is 12.0 Å². The summed E-state index contributed by atoms with van der Waals surface area (Å²) in [4.78, 5) is 4.02. The molecule has 0 spiro atoms. The molecule has 70 valence electrons. The van der Waals surface area contributed by atoms with E-state index in [1.807, 2.05) is 12.4 Å². The fourth-order valence-electron chi connectivity index (χ4n) is 1.47. The molecule has 1 aromatic rings. The van der Waals surface area contributed by atoms with Gasteiger partial charge in [-0.3, -0.25) is 4.98 Å². The normalized spacial score (nSPS) is 13.4. The Labute approximate surface area is 80.5 Å². The Kier molecular flexibility index (Phi) is 4.24. The molecule has 1 heteroatoms. The second-order valence-corrected chi connectivity index (χ2v) is 3.19. The molecule has 1 heterocycles. The van der Waals surface area contributed by atoms with Crippen LogP contribution in [0.1, 0.15) is 38.2 Å². The van der Waals surface area contributed by atoms with Crippen LogP contribution in [0.5, 0.6) is 0 Å². The van der Waals surface area contributed by atoms with Crippen LogP contribution in [0.15, 0.2) is 36.7 Å². The van der Waals surface area contributed by atoms with E-state index in [0.29, 0.717) is 5.92 Å². The van der Waals surface area contributed by atoms with Crippen molar-refractivity contribution in [1.82, 2.24) is 4.98 Å². The van der Waals surface area contributed by atoms with Crippen molar-refractivity contribution in [2.24, 2.45) is 0 Å².